The fraction of sp³-hybridized carbons (Fsp3) is 0.231. The molecule has 1 rings (SSSR count). The summed E-state index contributed by atoms with van der Waals surface area (Å²) in [5, 5.41) is 0.646. The summed E-state index contributed by atoms with van der Waals surface area (Å²) in [5.41, 5.74) is 6.11. The molecule has 0 spiro atoms. The van der Waals surface area contributed by atoms with Crippen LogP contribution in [0.2, 0.25) is 10.0 Å². The third-order valence-corrected chi connectivity index (χ3v) is 3.07. The van der Waals surface area contributed by atoms with Gasteiger partial charge in [0.1, 0.15) is 5.57 Å². The van der Waals surface area contributed by atoms with Gasteiger partial charge in [0.05, 0.1) is 22.3 Å². The molecule has 0 aromatic heterocycles. The van der Waals surface area contributed by atoms with Crippen molar-refractivity contribution in [2.75, 3.05) is 6.61 Å². The van der Waals surface area contributed by atoms with Gasteiger partial charge in [0, 0.05) is 0 Å². The molecule has 0 radical (unpaired) electrons. The van der Waals surface area contributed by atoms with E-state index in [0.717, 1.165) is 0 Å². The molecule has 6 heteroatoms. The molecule has 2 N–H and O–H groups in total. The van der Waals surface area contributed by atoms with Crippen LogP contribution in [-0.4, -0.2) is 18.4 Å². The Balaban J connectivity index is 3.32. The molecule has 0 aliphatic carbocycles. The van der Waals surface area contributed by atoms with Gasteiger partial charge in [-0.15, -0.1) is 0 Å². The van der Waals surface area contributed by atoms with E-state index in [-0.39, 0.29) is 22.9 Å². The highest BCUT2D eigenvalue weighted by molar-refractivity contribution is 6.42. The first-order chi connectivity index (χ1) is 8.88. The van der Waals surface area contributed by atoms with Crippen molar-refractivity contribution in [3.63, 3.8) is 0 Å². The molecule has 0 amide bonds. The van der Waals surface area contributed by atoms with Crippen molar-refractivity contribution in [2.45, 2.75) is 13.8 Å². The van der Waals surface area contributed by atoms with Crippen LogP contribution in [0.25, 0.3) is 5.70 Å². The maximum atomic E-state index is 11.7. The largest absolute Gasteiger partial charge is 0.462 e. The van der Waals surface area contributed by atoms with Crippen LogP contribution in [0, 0.1) is 0 Å². The Hall–Kier alpha value is -1.52. The number of Topliss-reactive ketones (excluding diaryl/α,β-unsaturated/α-hetero) is 1. The number of benzene rings is 1. The van der Waals surface area contributed by atoms with Gasteiger partial charge in [-0.1, -0.05) is 29.3 Å². The third-order valence-electron chi connectivity index (χ3n) is 2.33. The van der Waals surface area contributed by atoms with E-state index in [9.17, 15) is 9.59 Å². The number of carbonyl (C=O) groups excluding carboxylic acids is 2. The quantitative estimate of drug-likeness (QED) is 0.402. The van der Waals surface area contributed by atoms with E-state index in [4.69, 9.17) is 33.7 Å². The number of nitrogens with two attached hydrogens (primary N) is 1. The van der Waals surface area contributed by atoms with E-state index >= 15 is 0 Å². The number of ether oxygens (including phenoxy) is 1. The maximum absolute atomic E-state index is 11.7. The molecule has 0 bridgehead atoms. The lowest BCUT2D eigenvalue weighted by molar-refractivity contribution is -0.139. The van der Waals surface area contributed by atoms with Crippen LogP contribution in [0.15, 0.2) is 23.8 Å². The number of hydrogen-bond acceptors (Lipinski definition) is 4. The van der Waals surface area contributed by atoms with Crippen LogP contribution in [0.4, 0.5) is 0 Å². The number of ketones is 1. The molecule has 19 heavy (non-hydrogen) atoms. The zero-order valence-corrected chi connectivity index (χ0v) is 12.0. The fourth-order valence-corrected chi connectivity index (χ4v) is 1.75. The van der Waals surface area contributed by atoms with Gasteiger partial charge in [0.25, 0.3) is 0 Å². The molecule has 0 aliphatic heterocycles. The second-order valence-corrected chi connectivity index (χ2v) is 4.51. The highest BCUT2D eigenvalue weighted by Gasteiger charge is 2.21. The number of halogens is 2. The van der Waals surface area contributed by atoms with Crippen molar-refractivity contribution in [3.8, 4) is 0 Å². The average Bonchev–Trinajstić information content (AvgIpc) is 2.32. The molecule has 102 valence electrons. The molecule has 1 aromatic rings. The van der Waals surface area contributed by atoms with Gasteiger partial charge in [0.15, 0.2) is 5.78 Å². The molecule has 1 aromatic carbocycles. The second kappa shape index (κ2) is 6.59. The Labute approximate surface area is 121 Å². The van der Waals surface area contributed by atoms with Gasteiger partial charge in [0.2, 0.25) is 0 Å². The molecular weight excluding hydrogens is 289 g/mol. The van der Waals surface area contributed by atoms with E-state index in [1.165, 1.54) is 19.1 Å². The Kier molecular flexibility index (Phi) is 5.39. The summed E-state index contributed by atoms with van der Waals surface area (Å²) in [5.74, 6) is -1.22. The first-order valence-electron chi connectivity index (χ1n) is 5.51. The molecule has 0 fully saturated rings. The predicted molar refractivity (Wildman–Crippen MR) is 74.9 cm³/mol. The van der Waals surface area contributed by atoms with Gasteiger partial charge < -0.3 is 10.5 Å². The van der Waals surface area contributed by atoms with E-state index < -0.39 is 11.8 Å². The Morgan fingerprint density at radius 2 is 1.89 bits per heavy atom. The van der Waals surface area contributed by atoms with Gasteiger partial charge in [-0.25, -0.2) is 4.79 Å². The van der Waals surface area contributed by atoms with Gasteiger partial charge in [-0.3, -0.25) is 4.79 Å². The standard InChI is InChI=1S/C13H13Cl2NO3/c1-3-19-13(18)11(7(2)17)12(16)8-4-5-9(14)10(15)6-8/h4-6H,3,16H2,1-2H3/b12-11+. The van der Waals surface area contributed by atoms with E-state index in [1.54, 1.807) is 13.0 Å². The van der Waals surface area contributed by atoms with Crippen LogP contribution in [0.3, 0.4) is 0 Å². The summed E-state index contributed by atoms with van der Waals surface area (Å²) >= 11 is 11.7. The molecule has 0 unspecified atom stereocenters. The van der Waals surface area contributed by atoms with Crippen LogP contribution in [0.1, 0.15) is 19.4 Å². The van der Waals surface area contributed by atoms with Crippen LogP contribution in [0.5, 0.6) is 0 Å². The smallest absolute Gasteiger partial charge is 0.343 e. The summed E-state index contributed by atoms with van der Waals surface area (Å²) in [6.07, 6.45) is 0. The van der Waals surface area contributed by atoms with Gasteiger partial charge in [-0.05, 0) is 31.5 Å². The first-order valence-corrected chi connectivity index (χ1v) is 6.27. The lowest BCUT2D eigenvalue weighted by Gasteiger charge is -2.09. The maximum Gasteiger partial charge on any atom is 0.343 e. The molecule has 4 nitrogen and oxygen atoms in total. The number of hydrogen-bond donors (Lipinski definition) is 1. The molecular formula is C13H13Cl2NO3. The Morgan fingerprint density at radius 3 is 2.37 bits per heavy atom. The highest BCUT2D eigenvalue weighted by atomic mass is 35.5. The minimum Gasteiger partial charge on any atom is -0.462 e. The lowest BCUT2D eigenvalue weighted by Crippen LogP contribution is -2.18. The van der Waals surface area contributed by atoms with E-state index in [0.29, 0.717) is 10.6 Å². The molecule has 0 heterocycles. The zero-order chi connectivity index (χ0) is 14.6. The first kappa shape index (κ1) is 15.5. The monoisotopic (exact) mass is 301 g/mol. The summed E-state index contributed by atoms with van der Waals surface area (Å²) in [6, 6.07) is 4.60. The summed E-state index contributed by atoms with van der Waals surface area (Å²) < 4.78 is 4.81. The van der Waals surface area contributed by atoms with Crippen molar-refractivity contribution in [2.24, 2.45) is 5.73 Å². The SMILES string of the molecule is CCOC(=O)/C(C(C)=O)=C(/N)c1ccc(Cl)c(Cl)c1. The zero-order valence-electron chi connectivity index (χ0n) is 10.5. The van der Waals surface area contributed by atoms with Crippen LogP contribution >= 0.6 is 23.2 Å². The Morgan fingerprint density at radius 1 is 1.26 bits per heavy atom. The second-order valence-electron chi connectivity index (χ2n) is 3.69. The fourth-order valence-electron chi connectivity index (χ4n) is 1.45. The number of esters is 1. The number of carbonyl (C=O) groups is 2. The van der Waals surface area contributed by atoms with Crippen molar-refractivity contribution in [3.05, 3.63) is 39.4 Å². The molecule has 0 atom stereocenters. The van der Waals surface area contributed by atoms with E-state index in [2.05, 4.69) is 0 Å². The van der Waals surface area contributed by atoms with Crippen molar-refractivity contribution in [1.82, 2.24) is 0 Å². The average molecular weight is 302 g/mol. The minimum absolute atomic E-state index is 0.0181. The van der Waals surface area contributed by atoms with Gasteiger partial charge >= 0.3 is 5.97 Å². The summed E-state index contributed by atoms with van der Waals surface area (Å²) in [6.45, 7) is 3.05. The topological polar surface area (TPSA) is 69.4 Å². The normalized spacial score (nSPS) is 11.8. The van der Waals surface area contributed by atoms with E-state index in [1.807, 2.05) is 0 Å². The predicted octanol–water partition coefficient (Wildman–Crippen LogP) is 2.82. The summed E-state index contributed by atoms with van der Waals surface area (Å²) in [7, 11) is 0. The van der Waals surface area contributed by atoms with Gasteiger partial charge in [-0.2, -0.15) is 0 Å². The molecule has 0 aliphatic rings. The highest BCUT2D eigenvalue weighted by Crippen LogP contribution is 2.26. The van der Waals surface area contributed by atoms with Crippen molar-refractivity contribution < 1.29 is 14.3 Å². The Bertz CT molecular complexity index is 553. The van der Waals surface area contributed by atoms with Crippen LogP contribution < -0.4 is 5.73 Å². The van der Waals surface area contributed by atoms with Crippen LogP contribution in [-0.2, 0) is 14.3 Å². The number of rotatable bonds is 4. The third kappa shape index (κ3) is 3.72. The lowest BCUT2D eigenvalue weighted by atomic mass is 10.0. The summed E-state index contributed by atoms with van der Waals surface area (Å²) in [4.78, 5) is 23.2. The van der Waals surface area contributed by atoms with Crippen molar-refractivity contribution >= 4 is 40.7 Å². The van der Waals surface area contributed by atoms with Crippen molar-refractivity contribution in [1.29, 1.82) is 0 Å². The molecule has 0 saturated heterocycles. The molecule has 0 saturated carbocycles. The minimum atomic E-state index is -0.751.